The molecule has 3 rings (SSSR count). The van der Waals surface area contributed by atoms with E-state index < -0.39 is 16.5 Å². The van der Waals surface area contributed by atoms with Crippen molar-refractivity contribution in [1.82, 2.24) is 4.98 Å². The van der Waals surface area contributed by atoms with Crippen LogP contribution in [0.5, 0.6) is 0 Å². The van der Waals surface area contributed by atoms with Gasteiger partial charge in [0.2, 0.25) is 5.78 Å². The molecule has 2 aromatic carbocycles. The van der Waals surface area contributed by atoms with Crippen LogP contribution in [0.15, 0.2) is 48.2 Å². The van der Waals surface area contributed by atoms with E-state index in [9.17, 15) is 24.6 Å². The number of aromatic nitrogens is 1. The van der Waals surface area contributed by atoms with E-state index >= 15 is 0 Å². The Balaban J connectivity index is 2.04. The molecule has 0 unspecified atom stereocenters. The predicted molar refractivity (Wildman–Crippen MR) is 98.8 cm³/mol. The highest BCUT2D eigenvalue weighted by atomic mass is 19.1. The average molecular weight is 364 g/mol. The highest BCUT2D eigenvalue weighted by Gasteiger charge is 2.18. The fourth-order valence-corrected chi connectivity index (χ4v) is 2.75. The molecule has 0 spiro atoms. The summed E-state index contributed by atoms with van der Waals surface area (Å²) in [6.45, 7) is 0. The van der Waals surface area contributed by atoms with Crippen LogP contribution in [0, 0.1) is 27.3 Å². The molecule has 0 aliphatic heterocycles. The maximum atomic E-state index is 13.3. The summed E-state index contributed by atoms with van der Waals surface area (Å²) in [5.41, 5.74) is 0.964. The molecule has 1 heterocycles. The second-order valence-electron chi connectivity index (χ2n) is 5.67. The molecular weight excluding hydrogens is 351 g/mol. The number of nitro groups is 1. The van der Waals surface area contributed by atoms with Gasteiger partial charge < -0.3 is 10.3 Å². The molecule has 0 amide bonds. The first-order valence-electron chi connectivity index (χ1n) is 7.84. The Morgan fingerprint density at radius 2 is 2.11 bits per heavy atom. The number of nitrogens with one attached hydrogen (secondary N) is 2. The van der Waals surface area contributed by atoms with E-state index in [-0.39, 0.29) is 16.8 Å². The number of nitriles is 1. The van der Waals surface area contributed by atoms with Gasteiger partial charge >= 0.3 is 0 Å². The number of Topliss-reactive ketones (excluding diaryl/α,β-unsaturated/α-hetero) is 1. The molecule has 134 valence electrons. The van der Waals surface area contributed by atoms with Crippen molar-refractivity contribution in [2.24, 2.45) is 0 Å². The van der Waals surface area contributed by atoms with Gasteiger partial charge in [-0.3, -0.25) is 14.9 Å². The van der Waals surface area contributed by atoms with Crippen molar-refractivity contribution in [2.75, 3.05) is 12.4 Å². The standard InChI is InChI=1S/C19H13FN4O3/c1-22-16-5-2-11(7-18(16)24(26)27)6-12(9-21)19(25)15-10-23-17-8-13(20)3-4-14(15)17/h2-8,10,22-23H,1H3/b12-6+. The predicted octanol–water partition coefficient (Wildman–Crippen LogP) is 4.05. The fraction of sp³-hybridized carbons (Fsp3) is 0.0526. The number of carbonyl (C=O) groups excluding carboxylic acids is 1. The number of fused-ring (bicyclic) bond motifs is 1. The van der Waals surface area contributed by atoms with Gasteiger partial charge in [-0.1, -0.05) is 6.07 Å². The molecule has 0 saturated heterocycles. The lowest BCUT2D eigenvalue weighted by molar-refractivity contribution is -0.383. The molecule has 8 heteroatoms. The summed E-state index contributed by atoms with van der Waals surface area (Å²) >= 11 is 0. The van der Waals surface area contributed by atoms with Gasteiger partial charge in [0, 0.05) is 35.8 Å². The summed E-state index contributed by atoms with van der Waals surface area (Å²) in [7, 11) is 1.56. The minimum atomic E-state index is -0.560. The Kier molecular flexibility index (Phi) is 4.68. The first-order valence-corrected chi connectivity index (χ1v) is 7.84. The minimum Gasteiger partial charge on any atom is -0.383 e. The van der Waals surface area contributed by atoms with Crippen molar-refractivity contribution in [3.63, 3.8) is 0 Å². The highest BCUT2D eigenvalue weighted by Crippen LogP contribution is 2.27. The van der Waals surface area contributed by atoms with Crippen molar-refractivity contribution < 1.29 is 14.1 Å². The number of aromatic amines is 1. The zero-order chi connectivity index (χ0) is 19.6. The summed E-state index contributed by atoms with van der Waals surface area (Å²) < 4.78 is 13.3. The molecule has 0 radical (unpaired) electrons. The number of nitrogens with zero attached hydrogens (tertiary/aromatic N) is 2. The van der Waals surface area contributed by atoms with Crippen LogP contribution in [-0.2, 0) is 0 Å². The first kappa shape index (κ1) is 17.8. The summed E-state index contributed by atoms with van der Waals surface area (Å²) in [6.07, 6.45) is 2.70. The number of halogens is 1. The van der Waals surface area contributed by atoms with E-state index in [1.54, 1.807) is 13.1 Å². The van der Waals surface area contributed by atoms with E-state index in [1.807, 2.05) is 6.07 Å². The lowest BCUT2D eigenvalue weighted by Gasteiger charge is -2.03. The van der Waals surface area contributed by atoms with Crippen LogP contribution in [0.3, 0.4) is 0 Å². The number of H-pyrrole nitrogens is 1. The van der Waals surface area contributed by atoms with Crippen LogP contribution in [0.25, 0.3) is 17.0 Å². The van der Waals surface area contributed by atoms with E-state index in [2.05, 4.69) is 10.3 Å². The zero-order valence-corrected chi connectivity index (χ0v) is 14.1. The van der Waals surface area contributed by atoms with Crippen LogP contribution in [0.2, 0.25) is 0 Å². The Morgan fingerprint density at radius 1 is 1.33 bits per heavy atom. The van der Waals surface area contributed by atoms with Crippen LogP contribution < -0.4 is 5.32 Å². The molecule has 1 aromatic heterocycles. The Labute approximate surface area is 152 Å². The Hall–Kier alpha value is -3.99. The highest BCUT2D eigenvalue weighted by molar-refractivity contribution is 6.19. The van der Waals surface area contributed by atoms with Crippen molar-refractivity contribution in [3.8, 4) is 6.07 Å². The summed E-state index contributed by atoms with van der Waals surface area (Å²) in [5, 5.41) is 23.8. The topological polar surface area (TPSA) is 112 Å². The number of benzene rings is 2. The van der Waals surface area contributed by atoms with Crippen molar-refractivity contribution >= 4 is 34.1 Å². The molecule has 0 aliphatic rings. The average Bonchev–Trinajstić information content (AvgIpc) is 3.08. The van der Waals surface area contributed by atoms with E-state index in [4.69, 9.17) is 0 Å². The smallest absolute Gasteiger partial charge is 0.292 e. The van der Waals surface area contributed by atoms with Gasteiger partial charge in [0.15, 0.2) is 0 Å². The van der Waals surface area contributed by atoms with Gasteiger partial charge in [-0.25, -0.2) is 4.39 Å². The van der Waals surface area contributed by atoms with Crippen molar-refractivity contribution in [2.45, 2.75) is 0 Å². The molecular formula is C19H13FN4O3. The van der Waals surface area contributed by atoms with Crippen LogP contribution in [0.1, 0.15) is 15.9 Å². The molecule has 0 fully saturated rings. The quantitative estimate of drug-likeness (QED) is 0.233. The van der Waals surface area contributed by atoms with E-state index in [0.29, 0.717) is 22.2 Å². The number of nitro benzene ring substituents is 1. The van der Waals surface area contributed by atoms with Crippen LogP contribution in [-0.4, -0.2) is 22.7 Å². The third-order valence-corrected chi connectivity index (χ3v) is 4.05. The maximum Gasteiger partial charge on any atom is 0.292 e. The molecule has 0 saturated carbocycles. The van der Waals surface area contributed by atoms with Crippen LogP contribution >= 0.6 is 0 Å². The number of hydrogen-bond donors (Lipinski definition) is 2. The molecule has 0 atom stereocenters. The molecule has 0 aliphatic carbocycles. The van der Waals surface area contributed by atoms with Gasteiger partial charge in [0.05, 0.1) is 4.92 Å². The largest absolute Gasteiger partial charge is 0.383 e. The van der Waals surface area contributed by atoms with Gasteiger partial charge in [0.1, 0.15) is 23.1 Å². The molecule has 7 nitrogen and oxygen atoms in total. The summed E-state index contributed by atoms with van der Waals surface area (Å²) in [5.74, 6) is -1.01. The summed E-state index contributed by atoms with van der Waals surface area (Å²) in [4.78, 5) is 26.1. The first-order chi connectivity index (χ1) is 12.9. The number of ketones is 1. The number of carbonyl (C=O) groups is 1. The minimum absolute atomic E-state index is 0.168. The Morgan fingerprint density at radius 3 is 2.78 bits per heavy atom. The van der Waals surface area contributed by atoms with Gasteiger partial charge in [-0.2, -0.15) is 5.26 Å². The van der Waals surface area contributed by atoms with Crippen LogP contribution in [0.4, 0.5) is 15.8 Å². The van der Waals surface area contributed by atoms with Crippen molar-refractivity contribution in [1.29, 1.82) is 5.26 Å². The summed E-state index contributed by atoms with van der Waals surface area (Å²) in [6, 6.07) is 10.1. The Bertz CT molecular complexity index is 1140. The molecule has 0 bridgehead atoms. The van der Waals surface area contributed by atoms with Gasteiger partial charge in [0.25, 0.3) is 5.69 Å². The third-order valence-electron chi connectivity index (χ3n) is 4.05. The lowest BCUT2D eigenvalue weighted by atomic mass is 10.0. The molecule has 3 aromatic rings. The third kappa shape index (κ3) is 3.39. The van der Waals surface area contributed by atoms with Gasteiger partial charge in [-0.05, 0) is 35.9 Å². The SMILES string of the molecule is CNc1ccc(/C=C(\C#N)C(=O)c2c[nH]c3cc(F)ccc23)cc1[N+](=O)[O-]. The van der Waals surface area contributed by atoms with Crippen molar-refractivity contribution in [3.05, 3.63) is 75.2 Å². The lowest BCUT2D eigenvalue weighted by Crippen LogP contribution is -2.01. The van der Waals surface area contributed by atoms with E-state index in [0.717, 1.165) is 0 Å². The number of rotatable bonds is 5. The normalized spacial score (nSPS) is 11.2. The second-order valence-corrected chi connectivity index (χ2v) is 5.67. The number of anilines is 1. The van der Waals surface area contributed by atoms with Gasteiger partial charge in [-0.15, -0.1) is 0 Å². The zero-order valence-electron chi connectivity index (χ0n) is 14.1. The maximum absolute atomic E-state index is 13.3. The second kappa shape index (κ2) is 7.09. The molecule has 2 N–H and O–H groups in total. The number of allylic oxidation sites excluding steroid dienone is 1. The van der Waals surface area contributed by atoms with E-state index in [1.165, 1.54) is 42.6 Å². The monoisotopic (exact) mass is 364 g/mol. The fourth-order valence-electron chi connectivity index (χ4n) is 2.75. The number of hydrogen-bond acceptors (Lipinski definition) is 5. The molecule has 27 heavy (non-hydrogen) atoms.